The van der Waals surface area contributed by atoms with E-state index in [2.05, 4.69) is 10.6 Å². The Kier molecular flexibility index (Phi) is 6.65. The van der Waals surface area contributed by atoms with Crippen molar-refractivity contribution in [2.45, 2.75) is 6.92 Å². The first kappa shape index (κ1) is 24.1. The van der Waals surface area contributed by atoms with Crippen molar-refractivity contribution in [3.05, 3.63) is 72.0 Å². The van der Waals surface area contributed by atoms with Crippen LogP contribution in [-0.2, 0) is 9.84 Å². The lowest BCUT2D eigenvalue weighted by molar-refractivity contribution is 0.203. The van der Waals surface area contributed by atoms with Crippen molar-refractivity contribution in [3.8, 4) is 28.6 Å². The molecular formula is C25H23FN2O6S. The molecule has 182 valence electrons. The van der Waals surface area contributed by atoms with E-state index in [4.69, 9.17) is 13.9 Å². The van der Waals surface area contributed by atoms with Crippen LogP contribution in [0.4, 0.5) is 14.9 Å². The summed E-state index contributed by atoms with van der Waals surface area (Å²) >= 11 is 0. The van der Waals surface area contributed by atoms with E-state index < -0.39 is 21.7 Å². The minimum atomic E-state index is -3.24. The van der Waals surface area contributed by atoms with E-state index in [1.807, 2.05) is 0 Å². The van der Waals surface area contributed by atoms with Gasteiger partial charge in [-0.2, -0.15) is 0 Å². The highest BCUT2D eigenvalue weighted by Gasteiger charge is 2.22. The number of aryl methyl sites for hydroxylation is 1. The number of para-hydroxylation sites is 1. The van der Waals surface area contributed by atoms with E-state index in [0.717, 1.165) is 11.8 Å². The number of halogens is 1. The second kappa shape index (κ2) is 9.67. The van der Waals surface area contributed by atoms with E-state index in [0.29, 0.717) is 33.7 Å². The topological polar surface area (TPSA) is 107 Å². The number of benzene rings is 3. The van der Waals surface area contributed by atoms with E-state index in [9.17, 15) is 17.6 Å². The fraction of sp³-hybridized carbons (Fsp3) is 0.160. The van der Waals surface area contributed by atoms with Crippen LogP contribution in [0.2, 0.25) is 0 Å². The Labute approximate surface area is 201 Å². The molecule has 0 atom stereocenters. The Balaban J connectivity index is 1.72. The molecule has 4 rings (SSSR count). The summed E-state index contributed by atoms with van der Waals surface area (Å²) < 4.78 is 54.2. The second-order valence-corrected chi connectivity index (χ2v) is 10.0. The van der Waals surface area contributed by atoms with Crippen molar-refractivity contribution in [3.63, 3.8) is 0 Å². The lowest BCUT2D eigenvalue weighted by Crippen LogP contribution is -2.22. The minimum Gasteiger partial charge on any atom is -0.454 e. The molecule has 0 fully saturated rings. The van der Waals surface area contributed by atoms with Crippen LogP contribution in [-0.4, -0.2) is 33.7 Å². The van der Waals surface area contributed by atoms with Crippen molar-refractivity contribution < 1.29 is 31.5 Å². The van der Waals surface area contributed by atoms with Crippen LogP contribution in [0.5, 0.6) is 17.2 Å². The third-order valence-electron chi connectivity index (χ3n) is 5.09. The lowest BCUT2D eigenvalue weighted by atomic mass is 10.1. The van der Waals surface area contributed by atoms with Crippen molar-refractivity contribution in [2.24, 2.45) is 0 Å². The summed E-state index contributed by atoms with van der Waals surface area (Å²) in [5.74, 6) is 0.285. The molecule has 1 aromatic heterocycles. The Morgan fingerprint density at radius 3 is 2.46 bits per heavy atom. The maximum absolute atomic E-state index is 13.9. The van der Waals surface area contributed by atoms with Gasteiger partial charge in [0.25, 0.3) is 0 Å². The third-order valence-corrected chi connectivity index (χ3v) is 5.76. The zero-order valence-electron chi connectivity index (χ0n) is 19.2. The summed E-state index contributed by atoms with van der Waals surface area (Å²) in [5.41, 5.74) is 2.30. The average molecular weight is 499 g/mol. The first-order chi connectivity index (χ1) is 16.6. The van der Waals surface area contributed by atoms with Crippen LogP contribution in [0.3, 0.4) is 0 Å². The molecule has 1 heterocycles. The summed E-state index contributed by atoms with van der Waals surface area (Å²) in [6.07, 6.45) is 0.457. The number of rotatable bonds is 7. The molecule has 0 aliphatic rings. The van der Waals surface area contributed by atoms with E-state index in [1.54, 1.807) is 55.5 Å². The molecule has 0 unspecified atom stereocenters. The number of carbonyl (C=O) groups is 1. The minimum absolute atomic E-state index is 0.0947. The van der Waals surface area contributed by atoms with Crippen molar-refractivity contribution in [2.75, 3.05) is 24.5 Å². The molecule has 0 saturated carbocycles. The van der Waals surface area contributed by atoms with Gasteiger partial charge < -0.3 is 24.5 Å². The zero-order valence-corrected chi connectivity index (χ0v) is 20.0. The van der Waals surface area contributed by atoms with Crippen molar-refractivity contribution in [1.29, 1.82) is 0 Å². The summed E-state index contributed by atoms with van der Waals surface area (Å²) in [4.78, 5) is 12.1. The molecule has 0 aliphatic heterocycles. The highest BCUT2D eigenvalue weighted by atomic mass is 32.2. The number of carbonyl (C=O) groups excluding carboxylic acids is 1. The fourth-order valence-corrected chi connectivity index (χ4v) is 3.81. The third kappa shape index (κ3) is 5.55. The number of fused-ring (bicyclic) bond motifs is 1. The van der Waals surface area contributed by atoms with Crippen LogP contribution in [0.15, 0.2) is 65.1 Å². The summed E-state index contributed by atoms with van der Waals surface area (Å²) in [6.45, 7) is 1.80. The SMILES string of the molecule is CNC(=O)Oc1c(-c2ccc(Oc3ccccc3F)cc2)oc2cc(NCS(C)(=O)=O)c(C)cc12. The van der Waals surface area contributed by atoms with Crippen LogP contribution < -0.4 is 20.1 Å². The molecule has 1 amide bonds. The van der Waals surface area contributed by atoms with Gasteiger partial charge in [0.1, 0.15) is 17.2 Å². The number of amides is 1. The number of nitrogens with one attached hydrogen (secondary N) is 2. The van der Waals surface area contributed by atoms with Gasteiger partial charge in [-0.3, -0.25) is 0 Å². The molecule has 0 spiro atoms. The van der Waals surface area contributed by atoms with Gasteiger partial charge in [0.05, 0.1) is 5.39 Å². The van der Waals surface area contributed by atoms with E-state index in [-0.39, 0.29) is 17.4 Å². The standard InChI is InChI=1S/C25H23FN2O6S/c1-15-12-18-22(13-20(15)28-14-35(3,30)31)33-23(24(18)34-25(29)27-2)16-8-10-17(11-9-16)32-21-7-5-4-6-19(21)26/h4-13,28H,14H2,1-3H3,(H,27,29). The molecular weight excluding hydrogens is 475 g/mol. The summed E-state index contributed by atoms with van der Waals surface area (Å²) in [6, 6.07) is 16.2. The monoisotopic (exact) mass is 498 g/mol. The molecule has 4 aromatic rings. The Morgan fingerprint density at radius 2 is 1.80 bits per heavy atom. The van der Waals surface area contributed by atoms with Crippen LogP contribution >= 0.6 is 0 Å². The van der Waals surface area contributed by atoms with Crippen molar-refractivity contribution in [1.82, 2.24) is 5.32 Å². The molecule has 8 nitrogen and oxygen atoms in total. The molecule has 35 heavy (non-hydrogen) atoms. The first-order valence-corrected chi connectivity index (χ1v) is 12.6. The van der Waals surface area contributed by atoms with Crippen LogP contribution in [0.25, 0.3) is 22.3 Å². The number of furan rings is 1. The summed E-state index contributed by atoms with van der Waals surface area (Å²) in [7, 11) is -1.80. The normalized spacial score (nSPS) is 11.3. The van der Waals surface area contributed by atoms with Gasteiger partial charge in [0.15, 0.2) is 32.9 Å². The summed E-state index contributed by atoms with van der Waals surface area (Å²) in [5, 5.41) is 5.84. The van der Waals surface area contributed by atoms with Crippen LogP contribution in [0, 0.1) is 12.7 Å². The van der Waals surface area contributed by atoms with Gasteiger partial charge in [-0.15, -0.1) is 0 Å². The number of ether oxygens (including phenoxy) is 2. The largest absolute Gasteiger partial charge is 0.454 e. The Hall–Kier alpha value is -4.05. The maximum Gasteiger partial charge on any atom is 0.412 e. The predicted octanol–water partition coefficient (Wildman–Crippen LogP) is 5.47. The highest BCUT2D eigenvalue weighted by molar-refractivity contribution is 7.90. The van der Waals surface area contributed by atoms with Gasteiger partial charge in [-0.05, 0) is 55.0 Å². The van der Waals surface area contributed by atoms with E-state index >= 15 is 0 Å². The molecule has 0 radical (unpaired) electrons. The molecule has 0 aliphatic carbocycles. The van der Waals surface area contributed by atoms with Gasteiger partial charge >= 0.3 is 6.09 Å². The molecule has 3 aromatic carbocycles. The first-order valence-electron chi connectivity index (χ1n) is 10.6. The molecule has 0 bridgehead atoms. The lowest BCUT2D eigenvalue weighted by Gasteiger charge is -2.09. The zero-order chi connectivity index (χ0) is 25.2. The van der Waals surface area contributed by atoms with E-state index in [1.165, 1.54) is 19.2 Å². The molecule has 10 heteroatoms. The number of anilines is 1. The average Bonchev–Trinajstić information content (AvgIpc) is 3.15. The molecule has 0 saturated heterocycles. The van der Waals surface area contributed by atoms with Gasteiger partial charge in [-0.25, -0.2) is 17.6 Å². The number of hydrogen-bond donors (Lipinski definition) is 2. The number of sulfone groups is 1. The second-order valence-electron chi connectivity index (χ2n) is 7.87. The van der Waals surface area contributed by atoms with Gasteiger partial charge in [0.2, 0.25) is 0 Å². The Morgan fingerprint density at radius 1 is 1.09 bits per heavy atom. The van der Waals surface area contributed by atoms with Crippen LogP contribution in [0.1, 0.15) is 5.56 Å². The quantitative estimate of drug-likeness (QED) is 0.348. The smallest absolute Gasteiger partial charge is 0.412 e. The van der Waals surface area contributed by atoms with Gasteiger partial charge in [-0.1, -0.05) is 12.1 Å². The number of hydrogen-bond acceptors (Lipinski definition) is 7. The predicted molar refractivity (Wildman–Crippen MR) is 131 cm³/mol. The molecule has 2 N–H and O–H groups in total. The highest BCUT2D eigenvalue weighted by Crippen LogP contribution is 2.42. The van der Waals surface area contributed by atoms with Gasteiger partial charge in [0, 0.05) is 30.6 Å². The maximum atomic E-state index is 13.9. The fourth-order valence-electron chi connectivity index (χ4n) is 3.39. The van der Waals surface area contributed by atoms with Crippen molar-refractivity contribution >= 4 is 32.6 Å². The Bertz CT molecular complexity index is 1500.